The molecule has 0 aromatic heterocycles. The van der Waals surface area contributed by atoms with Crippen LogP contribution in [0.3, 0.4) is 0 Å². The van der Waals surface area contributed by atoms with Crippen molar-refractivity contribution in [3.63, 3.8) is 0 Å². The molecule has 0 amide bonds. The van der Waals surface area contributed by atoms with Gasteiger partial charge in [-0.25, -0.2) is 0 Å². The van der Waals surface area contributed by atoms with Crippen molar-refractivity contribution in [1.29, 1.82) is 0 Å². The van der Waals surface area contributed by atoms with Gasteiger partial charge in [-0.1, -0.05) is 0 Å². The van der Waals surface area contributed by atoms with Crippen molar-refractivity contribution in [3.8, 4) is 0 Å². The standard InChI is InChI=1S/C2H7BO3.K.H/c1-2-6-3(4)5;;/h4-5H,2H2,1H3;;/q;+1;-1. The van der Waals surface area contributed by atoms with Gasteiger partial charge in [0.1, 0.15) is 0 Å². The molecule has 0 saturated carbocycles. The van der Waals surface area contributed by atoms with Crippen molar-refractivity contribution >= 4 is 7.32 Å². The molecule has 0 aliphatic heterocycles. The molecule has 0 aromatic carbocycles. The largest absolute Gasteiger partial charge is 1.00 e. The second kappa shape index (κ2) is 7.58. The summed E-state index contributed by atoms with van der Waals surface area (Å²) in [7, 11) is -1.60. The fraction of sp³-hybridized carbons (Fsp3) is 1.00. The van der Waals surface area contributed by atoms with Gasteiger partial charge in [-0.2, -0.15) is 0 Å². The number of rotatable bonds is 2. The summed E-state index contributed by atoms with van der Waals surface area (Å²) >= 11 is 0. The molecule has 0 radical (unpaired) electrons. The molecule has 0 aliphatic rings. The minimum atomic E-state index is -1.60. The van der Waals surface area contributed by atoms with Gasteiger partial charge in [0.2, 0.25) is 0 Å². The van der Waals surface area contributed by atoms with Crippen LogP contribution in [-0.2, 0) is 4.65 Å². The Bertz CT molecular complexity index is 38.5. The van der Waals surface area contributed by atoms with E-state index >= 15 is 0 Å². The van der Waals surface area contributed by atoms with E-state index in [1.54, 1.807) is 6.92 Å². The first-order valence-corrected chi connectivity index (χ1v) is 1.75. The van der Waals surface area contributed by atoms with Crippen molar-refractivity contribution in [2.75, 3.05) is 6.61 Å². The smallest absolute Gasteiger partial charge is 1.00 e. The van der Waals surface area contributed by atoms with E-state index in [0.717, 1.165) is 0 Å². The van der Waals surface area contributed by atoms with Crippen LogP contribution in [0.15, 0.2) is 0 Å². The zero-order chi connectivity index (χ0) is 4.99. The third-order valence-corrected chi connectivity index (χ3v) is 0.316. The molecule has 7 heavy (non-hydrogen) atoms. The van der Waals surface area contributed by atoms with Crippen LogP contribution >= 0.6 is 0 Å². The van der Waals surface area contributed by atoms with E-state index < -0.39 is 7.32 Å². The Morgan fingerprint density at radius 3 is 2.14 bits per heavy atom. The van der Waals surface area contributed by atoms with Gasteiger partial charge in [0, 0.05) is 6.61 Å². The van der Waals surface area contributed by atoms with Crippen LogP contribution in [0.25, 0.3) is 0 Å². The van der Waals surface area contributed by atoms with Crippen LogP contribution in [0, 0.1) is 0 Å². The zero-order valence-electron chi connectivity index (χ0n) is 5.59. The Kier molecular flexibility index (Phi) is 12.3. The molecule has 0 bridgehead atoms. The first kappa shape index (κ1) is 11.4. The minimum absolute atomic E-state index is 0. The monoisotopic (exact) mass is 130 g/mol. The molecule has 38 valence electrons. The van der Waals surface area contributed by atoms with Crippen molar-refractivity contribution in [2.24, 2.45) is 0 Å². The van der Waals surface area contributed by atoms with Gasteiger partial charge < -0.3 is 16.1 Å². The van der Waals surface area contributed by atoms with E-state index in [2.05, 4.69) is 4.65 Å². The van der Waals surface area contributed by atoms with Gasteiger partial charge in [0.05, 0.1) is 0 Å². The van der Waals surface area contributed by atoms with Crippen LogP contribution < -0.4 is 51.4 Å². The summed E-state index contributed by atoms with van der Waals surface area (Å²) in [6.07, 6.45) is 0. The van der Waals surface area contributed by atoms with Gasteiger partial charge in [0.25, 0.3) is 0 Å². The van der Waals surface area contributed by atoms with Crippen LogP contribution in [0.4, 0.5) is 0 Å². The van der Waals surface area contributed by atoms with Gasteiger partial charge in [-0.15, -0.1) is 0 Å². The summed E-state index contributed by atoms with van der Waals surface area (Å²) in [6, 6.07) is 0. The first-order valence-electron chi connectivity index (χ1n) is 1.75. The predicted octanol–water partition coefficient (Wildman–Crippen LogP) is -3.89. The number of hydrogen-bond donors (Lipinski definition) is 2. The van der Waals surface area contributed by atoms with E-state index in [-0.39, 0.29) is 52.8 Å². The van der Waals surface area contributed by atoms with E-state index in [0.29, 0.717) is 6.61 Å². The molecule has 0 heterocycles. The summed E-state index contributed by atoms with van der Waals surface area (Å²) in [5, 5.41) is 15.8. The van der Waals surface area contributed by atoms with Gasteiger partial charge in [-0.3, -0.25) is 0 Å². The molecule has 0 rings (SSSR count). The maximum absolute atomic E-state index is 7.89. The summed E-state index contributed by atoms with van der Waals surface area (Å²) in [5.74, 6) is 0. The fourth-order valence-electron chi connectivity index (χ4n) is 0.149. The third-order valence-electron chi connectivity index (χ3n) is 0.316. The quantitative estimate of drug-likeness (QED) is 0.376. The number of hydrogen-bond acceptors (Lipinski definition) is 3. The van der Waals surface area contributed by atoms with Crippen molar-refractivity contribution in [1.82, 2.24) is 0 Å². The fourth-order valence-corrected chi connectivity index (χ4v) is 0.149. The maximum Gasteiger partial charge on any atom is 1.00 e. The zero-order valence-corrected chi connectivity index (χ0v) is 7.71. The Morgan fingerprint density at radius 2 is 2.14 bits per heavy atom. The summed E-state index contributed by atoms with van der Waals surface area (Å²) in [5.41, 5.74) is 0. The van der Waals surface area contributed by atoms with Crippen molar-refractivity contribution < 1.29 is 67.5 Å². The van der Waals surface area contributed by atoms with Crippen LogP contribution in [-0.4, -0.2) is 24.0 Å². The Hall–Kier alpha value is 1.58. The molecular formula is C2H8BKO3. The van der Waals surface area contributed by atoms with Gasteiger partial charge in [0.15, 0.2) is 0 Å². The van der Waals surface area contributed by atoms with E-state index in [9.17, 15) is 0 Å². The average Bonchev–Trinajstić information content (AvgIpc) is 1.35. The van der Waals surface area contributed by atoms with Crippen molar-refractivity contribution in [2.45, 2.75) is 6.92 Å². The molecule has 0 saturated heterocycles. The summed E-state index contributed by atoms with van der Waals surface area (Å²) < 4.78 is 4.15. The Morgan fingerprint density at radius 1 is 1.71 bits per heavy atom. The molecule has 0 spiro atoms. The Balaban J connectivity index is -0.000000125. The molecule has 2 N–H and O–H groups in total. The molecule has 0 aromatic rings. The second-order valence-corrected chi connectivity index (χ2v) is 0.782. The summed E-state index contributed by atoms with van der Waals surface area (Å²) in [6.45, 7) is 2.01. The predicted molar refractivity (Wildman–Crippen MR) is 22.9 cm³/mol. The summed E-state index contributed by atoms with van der Waals surface area (Å²) in [4.78, 5) is 0. The first-order chi connectivity index (χ1) is 2.77. The van der Waals surface area contributed by atoms with E-state index in [1.807, 2.05) is 0 Å². The Labute approximate surface area is 87.1 Å². The van der Waals surface area contributed by atoms with E-state index in [1.165, 1.54) is 0 Å². The molecular weight excluding hydrogens is 122 g/mol. The SMILES string of the molecule is CCOB(O)O.[H-].[K+]. The van der Waals surface area contributed by atoms with Crippen molar-refractivity contribution in [3.05, 3.63) is 0 Å². The molecule has 0 atom stereocenters. The van der Waals surface area contributed by atoms with Crippen LogP contribution in [0.5, 0.6) is 0 Å². The molecule has 0 aliphatic carbocycles. The average molecular weight is 130 g/mol. The molecule has 5 heteroatoms. The van der Waals surface area contributed by atoms with Crippen LogP contribution in [0.1, 0.15) is 8.35 Å². The second-order valence-electron chi connectivity index (χ2n) is 0.782. The molecule has 0 fully saturated rings. The van der Waals surface area contributed by atoms with Gasteiger partial charge in [-0.05, 0) is 6.92 Å². The topological polar surface area (TPSA) is 49.7 Å². The maximum atomic E-state index is 7.89. The third kappa shape index (κ3) is 11.3. The molecule has 3 nitrogen and oxygen atoms in total. The molecule has 0 unspecified atom stereocenters. The van der Waals surface area contributed by atoms with Crippen LogP contribution in [0.2, 0.25) is 0 Å². The van der Waals surface area contributed by atoms with Gasteiger partial charge >= 0.3 is 58.7 Å². The minimum Gasteiger partial charge on any atom is -1.00 e. The normalized spacial score (nSPS) is 7.29. The van der Waals surface area contributed by atoms with E-state index in [4.69, 9.17) is 10.0 Å².